The molecule has 0 aliphatic heterocycles. The summed E-state index contributed by atoms with van der Waals surface area (Å²) >= 11 is 7.39. The van der Waals surface area contributed by atoms with Crippen LogP contribution in [0.1, 0.15) is 76.4 Å². The van der Waals surface area contributed by atoms with Crippen LogP contribution in [0.15, 0.2) is 109 Å². The number of nitrogens with zero attached hydrogens (tertiary/aromatic N) is 1. The normalized spacial score (nSPS) is 12.3. The van der Waals surface area contributed by atoms with Crippen LogP contribution in [0.3, 0.4) is 0 Å². The van der Waals surface area contributed by atoms with E-state index in [4.69, 9.17) is 9.47 Å². The summed E-state index contributed by atoms with van der Waals surface area (Å²) in [5.41, 5.74) is 5.01. The van der Waals surface area contributed by atoms with Crippen LogP contribution in [0.2, 0.25) is 0 Å². The molecule has 0 aliphatic rings. The summed E-state index contributed by atoms with van der Waals surface area (Å²) < 4.78 is 10.4. The van der Waals surface area contributed by atoms with Gasteiger partial charge in [0.1, 0.15) is 11.5 Å². The van der Waals surface area contributed by atoms with Crippen LogP contribution in [0.25, 0.3) is 0 Å². The molecule has 0 bridgehead atoms. The topological polar surface area (TPSA) is 80.8 Å². The maximum atomic E-state index is 12.2. The van der Waals surface area contributed by atoms with Gasteiger partial charge in [0.25, 0.3) is 0 Å². The van der Waals surface area contributed by atoms with Gasteiger partial charge in [-0.1, -0.05) is 92.4 Å². The minimum atomic E-state index is -0.278. The number of hydrogen-bond donors (Lipinski definition) is 1. The molecule has 4 aromatic carbocycles. The molecule has 0 unspecified atom stereocenters. The Bertz CT molecular complexity index is 1420. The van der Waals surface area contributed by atoms with Crippen molar-refractivity contribution < 1.29 is 54.2 Å². The molecule has 0 heterocycles. The van der Waals surface area contributed by atoms with E-state index in [9.17, 15) is 4.79 Å². The molecule has 0 saturated carbocycles. The third kappa shape index (κ3) is 20.2. The van der Waals surface area contributed by atoms with Crippen molar-refractivity contribution in [2.75, 3.05) is 14.2 Å². The zero-order chi connectivity index (χ0) is 34.8. The Kier molecular flexibility index (Phi) is 30.1. The average Bonchev–Trinajstić information content (AvgIpc) is 3.06. The fourth-order valence-electron chi connectivity index (χ4n) is 5.50. The molecule has 11 heteroatoms. The van der Waals surface area contributed by atoms with Crippen molar-refractivity contribution in [3.8, 4) is 11.5 Å². The van der Waals surface area contributed by atoms with E-state index in [0.717, 1.165) is 29.9 Å². The molecule has 270 valence electrons. The fraction of sp³-hybridized carbons (Fsp3) is 0.359. The first-order chi connectivity index (χ1) is 22.4. The molecule has 0 aromatic heterocycles. The van der Waals surface area contributed by atoms with Gasteiger partial charge in [0.05, 0.1) is 20.3 Å². The summed E-state index contributed by atoms with van der Waals surface area (Å²) in [5.74, 6) is 1.86. The maximum Gasteiger partial charge on any atom is 1.00 e. The molecule has 0 aliphatic carbocycles. The van der Waals surface area contributed by atoms with Crippen LogP contribution in [0.4, 0.5) is 0 Å². The number of rotatable bonds is 12. The van der Waals surface area contributed by atoms with Crippen LogP contribution in [0, 0.1) is 0 Å². The second kappa shape index (κ2) is 29.1. The molecule has 4 rings (SSSR count). The molecule has 0 fully saturated rings. The van der Waals surface area contributed by atoms with E-state index >= 15 is 0 Å². The van der Waals surface area contributed by atoms with Gasteiger partial charge in [0.15, 0.2) is 0 Å². The molecular formula is C39H53I3N2NaO4V. The zero-order valence-corrected chi connectivity index (χ0v) is 39.7. The van der Waals surface area contributed by atoms with Gasteiger partial charge in [-0.2, -0.15) is 0 Å². The molecule has 0 spiro atoms. The number of halogens is 3. The van der Waals surface area contributed by atoms with Crippen LogP contribution < -0.4 is 44.3 Å². The van der Waals surface area contributed by atoms with Crippen molar-refractivity contribution in [1.29, 1.82) is 0 Å². The first-order valence-corrected chi connectivity index (χ1v) is 29.1. The summed E-state index contributed by atoms with van der Waals surface area (Å²) in [6.45, 7) is 10.3. The van der Waals surface area contributed by atoms with E-state index in [0.29, 0.717) is 12.1 Å². The molecular weight excluding hydrogens is 1020 g/mol. The fourth-order valence-corrected chi connectivity index (χ4v) is 5.50. The number of benzene rings is 4. The Morgan fingerprint density at radius 1 is 0.700 bits per heavy atom. The zero-order valence-electron chi connectivity index (χ0n) is 29.8. The number of carbonyl (C=O) groups excluding carboxylic acids is 1. The molecule has 1 amide bonds. The largest absolute Gasteiger partial charge is 1.00 e. The number of nitrogens with one attached hydrogen (secondary N) is 1. The molecule has 0 saturated heterocycles. The number of ether oxygens (including phenoxy) is 2. The minimum Gasteiger partial charge on any atom is -0.870 e. The predicted molar refractivity (Wildman–Crippen MR) is 228 cm³/mol. The number of carbonyl (C=O) groups is 1. The summed E-state index contributed by atoms with van der Waals surface area (Å²) in [7, 11) is 3.36. The van der Waals surface area contributed by atoms with Gasteiger partial charge in [-0.25, -0.2) is 0 Å². The number of hydrogen-bond acceptors (Lipinski definition) is 5. The summed E-state index contributed by atoms with van der Waals surface area (Å²) in [6.07, 6.45) is 1.84. The molecule has 4 aromatic rings. The molecule has 2 N–H and O–H groups in total. The van der Waals surface area contributed by atoms with Gasteiger partial charge in [-0.05, 0) is 87.1 Å². The van der Waals surface area contributed by atoms with Crippen molar-refractivity contribution >= 4 is 65.8 Å². The van der Waals surface area contributed by atoms with Crippen LogP contribution in [-0.2, 0) is 22.6 Å². The van der Waals surface area contributed by atoms with Gasteiger partial charge >= 0.3 is 94.4 Å². The van der Waals surface area contributed by atoms with Gasteiger partial charge in [-0.15, -0.1) is 0 Å². The van der Waals surface area contributed by atoms with Crippen molar-refractivity contribution in [2.24, 2.45) is 0 Å². The Morgan fingerprint density at radius 3 is 1.46 bits per heavy atom. The van der Waals surface area contributed by atoms with E-state index < -0.39 is 0 Å². The van der Waals surface area contributed by atoms with E-state index in [2.05, 4.69) is 160 Å². The predicted octanol–water partition coefficient (Wildman–Crippen LogP) is 8.33. The quantitative estimate of drug-likeness (QED) is 0.114. The monoisotopic (exact) mass is 1070 g/mol. The van der Waals surface area contributed by atoms with Gasteiger partial charge in [0.2, 0.25) is 5.91 Å². The Balaban J connectivity index is 0. The van der Waals surface area contributed by atoms with Crippen molar-refractivity contribution in [3.05, 3.63) is 131 Å². The molecule has 4 atom stereocenters. The van der Waals surface area contributed by atoms with Gasteiger partial charge in [-0.3, -0.25) is 4.79 Å². The Hall–Kier alpha value is -0.356. The first kappa shape index (κ1) is 51.8. The number of methoxy groups -OCH3 is 2. The number of amides is 1. The van der Waals surface area contributed by atoms with Crippen LogP contribution in [0.5, 0.6) is 11.5 Å². The van der Waals surface area contributed by atoms with Gasteiger partial charge < -0.3 is 25.2 Å². The van der Waals surface area contributed by atoms with E-state index in [-0.39, 0.29) is 65.4 Å². The van der Waals surface area contributed by atoms with E-state index in [1.807, 2.05) is 47.4 Å². The summed E-state index contributed by atoms with van der Waals surface area (Å²) in [6, 6.07) is 38.0. The Labute approximate surface area is 361 Å². The summed E-state index contributed by atoms with van der Waals surface area (Å²) in [4.78, 5) is 13.9. The minimum absolute atomic E-state index is 0. The van der Waals surface area contributed by atoms with Crippen molar-refractivity contribution in [2.45, 2.75) is 79.1 Å². The second-order valence-electron chi connectivity index (χ2n) is 11.4. The SMILES string of the molecule is C.COc1ccc(C[C@@H](C)N(C(C)=O)[C@H](C)c2ccccc2)cc1.COc1ccc(C[C@@H](C)N[C@H](C)c2ccccc2)cc1.[I][V]([I])[I].[Na+].[OH-]. The maximum absolute atomic E-state index is 12.2. The smallest absolute Gasteiger partial charge is 0.870 e. The van der Waals surface area contributed by atoms with E-state index in [1.165, 1.54) is 16.7 Å². The molecule has 6 nitrogen and oxygen atoms in total. The second-order valence-corrected chi connectivity index (χ2v) is 46.7. The average molecular weight is 1070 g/mol. The third-order valence-electron chi connectivity index (χ3n) is 7.76. The van der Waals surface area contributed by atoms with Gasteiger partial charge in [0, 0.05) is 25.0 Å². The molecule has 50 heavy (non-hydrogen) atoms. The van der Waals surface area contributed by atoms with Crippen molar-refractivity contribution in [3.63, 3.8) is 0 Å². The van der Waals surface area contributed by atoms with E-state index in [1.54, 1.807) is 21.1 Å². The summed E-state index contributed by atoms with van der Waals surface area (Å²) in [5, 5.41) is 3.64. The third-order valence-corrected chi connectivity index (χ3v) is 7.76. The Morgan fingerprint density at radius 2 is 1.08 bits per heavy atom. The standard InChI is InChI=1S/C20H25NO2.C18H23NO.CH4.3HI.Na.H2O.V/c1-15(14-18-10-12-20(23-4)13-11-18)21(17(3)22)16(2)19-8-6-5-7-9-19;1-14(13-16-9-11-18(20-3)12-10-16)19-15(2)17-7-5-4-6-8-17;;;;;;;/h5-13,15-16H,14H2,1-4H3;4-12,14-15,19H,13H2,1-3H3;1H4;3*1H;;1H2;/q;;;;;;+1;;+3/p-4/t15-,16-;14-,15-;;;;;;;/m11......./s1. The molecule has 0 radical (unpaired) electrons. The first-order valence-electron chi connectivity index (χ1n) is 15.6. The van der Waals surface area contributed by atoms with Crippen LogP contribution >= 0.6 is 59.9 Å². The van der Waals surface area contributed by atoms with Crippen molar-refractivity contribution in [1.82, 2.24) is 10.2 Å². The van der Waals surface area contributed by atoms with Crippen LogP contribution in [-0.4, -0.2) is 42.6 Å².